The van der Waals surface area contributed by atoms with Crippen molar-refractivity contribution in [2.24, 2.45) is 0 Å². The highest BCUT2D eigenvalue weighted by Gasteiger charge is 2.29. The average molecular weight is 238 g/mol. The Kier molecular flexibility index (Phi) is 6.43. The third kappa shape index (κ3) is 5.09. The molecule has 1 aromatic rings. The molecule has 5 heteroatoms. The van der Waals surface area contributed by atoms with E-state index >= 15 is 0 Å². The summed E-state index contributed by atoms with van der Waals surface area (Å²) in [4.78, 5) is 0.649. The van der Waals surface area contributed by atoms with Crippen LogP contribution in [-0.4, -0.2) is 7.11 Å². The second-order valence-electron chi connectivity index (χ2n) is 2.27. The first-order valence-electron chi connectivity index (χ1n) is 4.42. The average Bonchev–Trinajstić information content (AvgIpc) is 2.21. The molecule has 0 bridgehead atoms. The van der Waals surface area contributed by atoms with Crippen molar-refractivity contribution in [3.05, 3.63) is 29.8 Å². The standard InChI is InChI=1S/C8H7F3OS.C2H6/c1-12-13-7-4-2-6(3-5-7)8(9,10)11;1-2/h2-5H,1H3;1-2H3. The van der Waals surface area contributed by atoms with Crippen LogP contribution in [0.5, 0.6) is 0 Å². The number of rotatable bonds is 2. The zero-order valence-corrected chi connectivity index (χ0v) is 9.58. The molecule has 1 nitrogen and oxygen atoms in total. The van der Waals surface area contributed by atoms with Crippen molar-refractivity contribution in [1.82, 2.24) is 0 Å². The van der Waals surface area contributed by atoms with Gasteiger partial charge in [-0.05, 0) is 24.3 Å². The van der Waals surface area contributed by atoms with Gasteiger partial charge in [-0.1, -0.05) is 13.8 Å². The smallest absolute Gasteiger partial charge is 0.314 e. The summed E-state index contributed by atoms with van der Waals surface area (Å²) < 4.78 is 40.9. The Morgan fingerprint density at radius 3 is 1.87 bits per heavy atom. The molecule has 0 N–H and O–H groups in total. The molecule has 0 spiro atoms. The van der Waals surface area contributed by atoms with Gasteiger partial charge >= 0.3 is 6.18 Å². The largest absolute Gasteiger partial charge is 0.416 e. The van der Waals surface area contributed by atoms with E-state index in [0.717, 1.165) is 24.2 Å². The van der Waals surface area contributed by atoms with Gasteiger partial charge in [0.05, 0.1) is 12.7 Å². The minimum absolute atomic E-state index is 0.645. The maximum Gasteiger partial charge on any atom is 0.416 e. The Labute approximate surface area is 91.8 Å². The first-order valence-corrected chi connectivity index (χ1v) is 5.16. The minimum Gasteiger partial charge on any atom is -0.314 e. The zero-order valence-electron chi connectivity index (χ0n) is 8.76. The van der Waals surface area contributed by atoms with E-state index in [1.54, 1.807) is 0 Å². The number of alkyl halides is 3. The highest BCUT2D eigenvalue weighted by atomic mass is 32.2. The summed E-state index contributed by atoms with van der Waals surface area (Å²) in [7, 11) is 1.46. The molecule has 0 aliphatic carbocycles. The van der Waals surface area contributed by atoms with Crippen LogP contribution in [0.15, 0.2) is 29.2 Å². The van der Waals surface area contributed by atoms with Crippen LogP contribution >= 0.6 is 12.0 Å². The number of hydrogen-bond donors (Lipinski definition) is 0. The van der Waals surface area contributed by atoms with Crippen molar-refractivity contribution < 1.29 is 17.4 Å². The van der Waals surface area contributed by atoms with Crippen LogP contribution in [0.3, 0.4) is 0 Å². The van der Waals surface area contributed by atoms with Gasteiger partial charge in [0.1, 0.15) is 0 Å². The van der Waals surface area contributed by atoms with Gasteiger partial charge in [-0.2, -0.15) is 13.2 Å². The van der Waals surface area contributed by atoms with Gasteiger partial charge in [0.2, 0.25) is 0 Å². The SMILES string of the molecule is CC.COSc1ccc(C(F)(F)F)cc1. The molecule has 0 aliphatic heterocycles. The zero-order chi connectivity index (χ0) is 11.9. The van der Waals surface area contributed by atoms with Crippen molar-refractivity contribution in [2.75, 3.05) is 7.11 Å². The molecule has 0 aliphatic rings. The van der Waals surface area contributed by atoms with Gasteiger partial charge < -0.3 is 4.18 Å². The van der Waals surface area contributed by atoms with Crippen LogP contribution in [0.4, 0.5) is 13.2 Å². The lowest BCUT2D eigenvalue weighted by Crippen LogP contribution is -2.03. The van der Waals surface area contributed by atoms with Gasteiger partial charge in [0.25, 0.3) is 0 Å². The molecule has 0 saturated carbocycles. The molecule has 0 aromatic heterocycles. The van der Waals surface area contributed by atoms with Crippen molar-refractivity contribution in [1.29, 1.82) is 0 Å². The molecule has 0 heterocycles. The van der Waals surface area contributed by atoms with Crippen molar-refractivity contribution in [2.45, 2.75) is 24.9 Å². The lowest BCUT2D eigenvalue weighted by molar-refractivity contribution is -0.137. The lowest BCUT2D eigenvalue weighted by Gasteiger charge is -2.06. The Morgan fingerprint density at radius 1 is 1.07 bits per heavy atom. The van der Waals surface area contributed by atoms with E-state index in [1.165, 1.54) is 19.2 Å². The third-order valence-electron chi connectivity index (χ3n) is 1.36. The van der Waals surface area contributed by atoms with E-state index in [0.29, 0.717) is 4.90 Å². The van der Waals surface area contributed by atoms with Gasteiger partial charge in [0.15, 0.2) is 0 Å². The van der Waals surface area contributed by atoms with E-state index in [2.05, 4.69) is 4.18 Å². The van der Waals surface area contributed by atoms with E-state index < -0.39 is 11.7 Å². The summed E-state index contributed by atoms with van der Waals surface area (Å²) in [6, 6.07) is 4.80. The van der Waals surface area contributed by atoms with Crippen LogP contribution in [0.1, 0.15) is 19.4 Å². The van der Waals surface area contributed by atoms with Crippen molar-refractivity contribution in [3.63, 3.8) is 0 Å². The first kappa shape index (κ1) is 14.3. The summed E-state index contributed by atoms with van der Waals surface area (Å²) in [5.74, 6) is 0. The van der Waals surface area contributed by atoms with Gasteiger partial charge in [-0.25, -0.2) is 0 Å². The Bertz CT molecular complexity index is 269. The summed E-state index contributed by atoms with van der Waals surface area (Å²) in [6.45, 7) is 4.00. The molecule has 15 heavy (non-hydrogen) atoms. The van der Waals surface area contributed by atoms with Crippen LogP contribution in [0.2, 0.25) is 0 Å². The topological polar surface area (TPSA) is 9.23 Å². The fraction of sp³-hybridized carbons (Fsp3) is 0.400. The Balaban J connectivity index is 0.000000921. The molecule has 1 aromatic carbocycles. The van der Waals surface area contributed by atoms with Crippen molar-refractivity contribution >= 4 is 12.0 Å². The quantitative estimate of drug-likeness (QED) is 0.707. The van der Waals surface area contributed by atoms with E-state index in [1.807, 2.05) is 13.8 Å². The van der Waals surface area contributed by atoms with Gasteiger partial charge in [-0.15, -0.1) is 0 Å². The second kappa shape index (κ2) is 6.74. The molecule has 0 amide bonds. The van der Waals surface area contributed by atoms with Crippen LogP contribution < -0.4 is 0 Å². The molecular weight excluding hydrogens is 225 g/mol. The summed E-state index contributed by atoms with van der Waals surface area (Å²) in [5, 5.41) is 0. The predicted octanol–water partition coefficient (Wildman–Crippen LogP) is 4.39. The monoisotopic (exact) mass is 238 g/mol. The maximum absolute atomic E-state index is 12.1. The molecule has 0 saturated heterocycles. The first-order chi connectivity index (χ1) is 7.04. The number of benzene rings is 1. The minimum atomic E-state index is -4.27. The van der Waals surface area contributed by atoms with Crippen LogP contribution in [0.25, 0.3) is 0 Å². The fourth-order valence-electron chi connectivity index (χ4n) is 0.796. The van der Waals surface area contributed by atoms with Crippen molar-refractivity contribution in [3.8, 4) is 0 Å². The molecule has 0 radical (unpaired) electrons. The number of hydrogen-bond acceptors (Lipinski definition) is 2. The van der Waals surface area contributed by atoms with E-state index in [9.17, 15) is 13.2 Å². The summed E-state index contributed by atoms with van der Waals surface area (Å²) in [6.07, 6.45) is -4.27. The van der Waals surface area contributed by atoms with Crippen LogP contribution in [0, 0.1) is 0 Å². The number of halogens is 3. The summed E-state index contributed by atoms with van der Waals surface area (Å²) >= 11 is 1.03. The van der Waals surface area contributed by atoms with E-state index in [4.69, 9.17) is 0 Å². The Morgan fingerprint density at radius 2 is 1.53 bits per heavy atom. The maximum atomic E-state index is 12.1. The van der Waals surface area contributed by atoms with E-state index in [-0.39, 0.29) is 0 Å². The molecule has 0 unspecified atom stereocenters. The summed E-state index contributed by atoms with van der Waals surface area (Å²) in [5.41, 5.74) is -0.645. The third-order valence-corrected chi connectivity index (χ3v) is 1.99. The van der Waals surface area contributed by atoms with Gasteiger partial charge in [-0.3, -0.25) is 0 Å². The predicted molar refractivity (Wildman–Crippen MR) is 55.7 cm³/mol. The Hall–Kier alpha value is -0.680. The van der Waals surface area contributed by atoms with Gasteiger partial charge in [0, 0.05) is 16.9 Å². The molecule has 0 atom stereocenters. The molecule has 86 valence electrons. The molecule has 1 rings (SSSR count). The fourth-order valence-corrected chi connectivity index (χ4v) is 1.24. The second-order valence-corrected chi connectivity index (χ2v) is 3.24. The lowest BCUT2D eigenvalue weighted by atomic mass is 10.2. The highest BCUT2D eigenvalue weighted by Crippen LogP contribution is 2.30. The highest BCUT2D eigenvalue weighted by molar-refractivity contribution is 7.94. The molecule has 0 fully saturated rings. The normalized spacial score (nSPS) is 10.5. The van der Waals surface area contributed by atoms with Crippen LogP contribution in [-0.2, 0) is 10.4 Å². The molecular formula is C10H13F3OS.